The Labute approximate surface area is 94.1 Å². The van der Waals surface area contributed by atoms with E-state index in [1.54, 1.807) is 5.57 Å². The minimum atomic E-state index is 0.564. The van der Waals surface area contributed by atoms with Gasteiger partial charge in [0.2, 0.25) is 0 Å². The van der Waals surface area contributed by atoms with Crippen LogP contribution in [0.5, 0.6) is 0 Å². The molecule has 3 atom stereocenters. The third-order valence-electron chi connectivity index (χ3n) is 6.17. The summed E-state index contributed by atoms with van der Waals surface area (Å²) < 4.78 is 0. The van der Waals surface area contributed by atoms with Crippen LogP contribution in [0.3, 0.4) is 0 Å². The highest BCUT2D eigenvalue weighted by atomic mass is 14.7. The van der Waals surface area contributed by atoms with E-state index in [1.807, 2.05) is 0 Å². The van der Waals surface area contributed by atoms with Crippen LogP contribution in [0.2, 0.25) is 0 Å². The van der Waals surface area contributed by atoms with E-state index < -0.39 is 0 Å². The van der Waals surface area contributed by atoms with E-state index in [9.17, 15) is 0 Å². The third kappa shape index (κ3) is 0.905. The lowest BCUT2D eigenvalue weighted by molar-refractivity contribution is -0.125. The Balaban J connectivity index is 2.05. The lowest BCUT2D eigenvalue weighted by Gasteiger charge is -2.66. The maximum Gasteiger partial charge on any atom is 0.000144 e. The first-order valence-electron chi connectivity index (χ1n) is 6.61. The van der Waals surface area contributed by atoms with Crippen molar-refractivity contribution in [3.05, 3.63) is 12.2 Å². The van der Waals surface area contributed by atoms with Crippen molar-refractivity contribution in [3.63, 3.8) is 0 Å². The molecule has 3 fully saturated rings. The highest BCUT2D eigenvalue weighted by molar-refractivity contribution is 5.32. The number of allylic oxidation sites excluding steroid dienone is 1. The summed E-state index contributed by atoms with van der Waals surface area (Å²) in [5.41, 5.74) is 3.38. The maximum absolute atomic E-state index is 4.44. The second-order valence-corrected chi connectivity index (χ2v) is 7.25. The van der Waals surface area contributed by atoms with Crippen molar-refractivity contribution >= 4 is 0 Å². The van der Waals surface area contributed by atoms with Crippen LogP contribution < -0.4 is 0 Å². The highest BCUT2D eigenvalue weighted by Crippen LogP contribution is 2.78. The van der Waals surface area contributed by atoms with E-state index in [2.05, 4.69) is 27.4 Å². The standard InChI is InChI=1S/C15H24/c1-11-6-5-8-14(4)9-7-12-13(2,3)10-15(11,12)14/h12H,1,5-10H2,2-4H3/t12-,14+,15+/m1/s1. The Hall–Kier alpha value is -0.260. The second-order valence-electron chi connectivity index (χ2n) is 7.25. The van der Waals surface area contributed by atoms with Gasteiger partial charge in [-0.05, 0) is 55.3 Å². The quantitative estimate of drug-likeness (QED) is 0.507. The fourth-order valence-corrected chi connectivity index (χ4v) is 5.52. The molecular weight excluding hydrogens is 180 g/mol. The van der Waals surface area contributed by atoms with Gasteiger partial charge in [0.15, 0.2) is 0 Å². The van der Waals surface area contributed by atoms with Crippen molar-refractivity contribution in [2.24, 2.45) is 22.2 Å². The highest BCUT2D eigenvalue weighted by Gasteiger charge is 2.70. The van der Waals surface area contributed by atoms with Crippen molar-refractivity contribution in [1.29, 1.82) is 0 Å². The fraction of sp³-hybridized carbons (Fsp3) is 0.867. The minimum Gasteiger partial charge on any atom is -0.0993 e. The molecule has 0 heteroatoms. The van der Waals surface area contributed by atoms with Crippen LogP contribution in [0.15, 0.2) is 12.2 Å². The van der Waals surface area contributed by atoms with Gasteiger partial charge in [0, 0.05) is 5.41 Å². The van der Waals surface area contributed by atoms with Gasteiger partial charge in [-0.15, -0.1) is 0 Å². The van der Waals surface area contributed by atoms with E-state index in [-0.39, 0.29) is 0 Å². The zero-order chi connectivity index (χ0) is 10.9. The predicted octanol–water partition coefficient (Wildman–Crippen LogP) is 4.56. The van der Waals surface area contributed by atoms with Gasteiger partial charge in [0.25, 0.3) is 0 Å². The summed E-state index contributed by atoms with van der Waals surface area (Å²) in [4.78, 5) is 0. The van der Waals surface area contributed by atoms with Gasteiger partial charge in [-0.1, -0.05) is 32.9 Å². The van der Waals surface area contributed by atoms with Crippen molar-refractivity contribution in [1.82, 2.24) is 0 Å². The van der Waals surface area contributed by atoms with Crippen molar-refractivity contribution in [3.8, 4) is 0 Å². The normalized spacial score (nSPS) is 51.9. The molecule has 0 nitrogen and oxygen atoms in total. The molecule has 0 aromatic heterocycles. The summed E-state index contributed by atoms with van der Waals surface area (Å²) in [6.07, 6.45) is 8.49. The van der Waals surface area contributed by atoms with Crippen LogP contribution in [-0.4, -0.2) is 0 Å². The van der Waals surface area contributed by atoms with Gasteiger partial charge in [-0.2, -0.15) is 0 Å². The van der Waals surface area contributed by atoms with E-state index in [0.717, 1.165) is 5.92 Å². The van der Waals surface area contributed by atoms with Crippen molar-refractivity contribution in [2.75, 3.05) is 0 Å². The molecule has 0 bridgehead atoms. The van der Waals surface area contributed by atoms with Gasteiger partial charge in [0.05, 0.1) is 0 Å². The van der Waals surface area contributed by atoms with Crippen LogP contribution in [0, 0.1) is 22.2 Å². The van der Waals surface area contributed by atoms with E-state index in [0.29, 0.717) is 16.2 Å². The maximum atomic E-state index is 4.44. The molecule has 0 unspecified atom stereocenters. The largest absolute Gasteiger partial charge is 0.0993 e. The molecule has 0 radical (unpaired) electrons. The smallest absolute Gasteiger partial charge is 0.000144 e. The first kappa shape index (κ1) is 9.93. The Morgan fingerprint density at radius 2 is 1.93 bits per heavy atom. The summed E-state index contributed by atoms with van der Waals surface area (Å²) in [5.74, 6) is 0.947. The lowest BCUT2D eigenvalue weighted by atomic mass is 9.38. The zero-order valence-electron chi connectivity index (χ0n) is 10.5. The molecule has 84 valence electrons. The number of hydrogen-bond donors (Lipinski definition) is 0. The molecule has 0 aromatic rings. The first-order chi connectivity index (χ1) is 6.92. The second kappa shape index (κ2) is 2.52. The third-order valence-corrected chi connectivity index (χ3v) is 6.17. The molecule has 0 amide bonds. The van der Waals surface area contributed by atoms with Gasteiger partial charge in [-0.25, -0.2) is 0 Å². The fourth-order valence-electron chi connectivity index (χ4n) is 5.52. The predicted molar refractivity (Wildman–Crippen MR) is 64.7 cm³/mol. The summed E-state index contributed by atoms with van der Waals surface area (Å²) in [7, 11) is 0. The molecule has 1 spiro atoms. The van der Waals surface area contributed by atoms with Crippen LogP contribution in [0.25, 0.3) is 0 Å². The van der Waals surface area contributed by atoms with E-state index in [1.165, 1.54) is 38.5 Å². The topological polar surface area (TPSA) is 0 Å². The van der Waals surface area contributed by atoms with Crippen LogP contribution >= 0.6 is 0 Å². The van der Waals surface area contributed by atoms with E-state index in [4.69, 9.17) is 0 Å². The summed E-state index contributed by atoms with van der Waals surface area (Å²) in [5, 5.41) is 0. The molecule has 0 heterocycles. The van der Waals surface area contributed by atoms with Crippen molar-refractivity contribution < 1.29 is 0 Å². The Morgan fingerprint density at radius 3 is 2.60 bits per heavy atom. The SMILES string of the molecule is C=C1CCC[C@@]2(C)CC[C@@H]3C(C)(C)C[C@]132. The summed E-state index contributed by atoms with van der Waals surface area (Å²) >= 11 is 0. The average molecular weight is 204 g/mol. The Bertz CT molecular complexity index is 325. The molecule has 3 rings (SSSR count). The minimum absolute atomic E-state index is 0.564. The molecule has 0 aromatic carbocycles. The Kier molecular flexibility index (Phi) is 1.67. The summed E-state index contributed by atoms with van der Waals surface area (Å²) in [6, 6.07) is 0. The summed E-state index contributed by atoms with van der Waals surface area (Å²) in [6.45, 7) is 11.9. The van der Waals surface area contributed by atoms with Crippen LogP contribution in [-0.2, 0) is 0 Å². The Morgan fingerprint density at radius 1 is 1.20 bits per heavy atom. The molecule has 0 aliphatic heterocycles. The van der Waals surface area contributed by atoms with Gasteiger partial charge in [0.1, 0.15) is 0 Å². The van der Waals surface area contributed by atoms with Crippen LogP contribution in [0.1, 0.15) is 59.3 Å². The number of hydrogen-bond acceptors (Lipinski definition) is 0. The molecule has 0 saturated heterocycles. The average Bonchev–Trinajstić information content (AvgIpc) is 2.37. The molecule has 3 aliphatic carbocycles. The van der Waals surface area contributed by atoms with Gasteiger partial charge >= 0.3 is 0 Å². The molecule has 15 heavy (non-hydrogen) atoms. The van der Waals surface area contributed by atoms with Crippen molar-refractivity contribution in [2.45, 2.75) is 59.3 Å². The van der Waals surface area contributed by atoms with Gasteiger partial charge in [-0.3, -0.25) is 0 Å². The van der Waals surface area contributed by atoms with E-state index >= 15 is 0 Å². The molecule has 3 saturated carbocycles. The monoisotopic (exact) mass is 204 g/mol. The molecular formula is C15H24. The van der Waals surface area contributed by atoms with Gasteiger partial charge < -0.3 is 0 Å². The zero-order valence-corrected chi connectivity index (χ0v) is 10.5. The van der Waals surface area contributed by atoms with Crippen LogP contribution in [0.4, 0.5) is 0 Å². The first-order valence-corrected chi connectivity index (χ1v) is 6.61. The molecule has 0 N–H and O–H groups in total. The number of rotatable bonds is 0. The molecule has 3 aliphatic rings. The lowest BCUT2D eigenvalue weighted by Crippen LogP contribution is -2.58.